The summed E-state index contributed by atoms with van der Waals surface area (Å²) in [6.45, 7) is 12.4. The van der Waals surface area contributed by atoms with Crippen LogP contribution in [0.3, 0.4) is 0 Å². The van der Waals surface area contributed by atoms with Crippen LogP contribution in [0.2, 0.25) is 0 Å². The van der Waals surface area contributed by atoms with Crippen LogP contribution < -0.4 is 0 Å². The Bertz CT molecular complexity index is 1500. The molecule has 12 nitrogen and oxygen atoms in total. The van der Waals surface area contributed by atoms with Gasteiger partial charge in [-0.3, -0.25) is 24.0 Å². The molecule has 0 aliphatic heterocycles. The van der Waals surface area contributed by atoms with Crippen molar-refractivity contribution in [3.63, 3.8) is 0 Å². The summed E-state index contributed by atoms with van der Waals surface area (Å²) in [6.07, 6.45) is -3.99. The summed E-state index contributed by atoms with van der Waals surface area (Å²) in [5.41, 5.74) is 0.386. The van der Waals surface area contributed by atoms with Crippen molar-refractivity contribution in [3.05, 3.63) is 47.0 Å². The molecule has 1 N–H and O–H groups in total. The van der Waals surface area contributed by atoms with Gasteiger partial charge in [0, 0.05) is 58.1 Å². The first-order valence-corrected chi connectivity index (χ1v) is 17.7. The summed E-state index contributed by atoms with van der Waals surface area (Å²) in [5.74, 6) is -4.32. The number of carbonyl (C=O) groups is 5. The van der Waals surface area contributed by atoms with Gasteiger partial charge in [0.05, 0.1) is 6.42 Å². The minimum atomic E-state index is -1.24. The fourth-order valence-electron chi connectivity index (χ4n) is 9.23. The first-order chi connectivity index (χ1) is 23.8. The maximum absolute atomic E-state index is 13.8. The maximum Gasteiger partial charge on any atom is 0.308 e. The number of esters is 5. The average molecular weight is 714 g/mol. The highest BCUT2D eigenvalue weighted by molar-refractivity contribution is 5.71. The summed E-state index contributed by atoms with van der Waals surface area (Å²) >= 11 is 0. The second-order valence-corrected chi connectivity index (χ2v) is 15.4. The highest BCUT2D eigenvalue weighted by atomic mass is 16.6. The summed E-state index contributed by atoms with van der Waals surface area (Å²) < 4.78 is 30.4. The molecule has 4 rings (SSSR count). The van der Waals surface area contributed by atoms with Crippen LogP contribution in [0.15, 0.2) is 41.5 Å². The van der Waals surface area contributed by atoms with Gasteiger partial charge in [-0.1, -0.05) is 51.1 Å². The lowest BCUT2D eigenvalue weighted by Gasteiger charge is -2.60. The van der Waals surface area contributed by atoms with Crippen LogP contribution in [0, 0.1) is 28.6 Å². The van der Waals surface area contributed by atoms with Crippen molar-refractivity contribution in [2.75, 3.05) is 20.7 Å². The first-order valence-electron chi connectivity index (χ1n) is 17.7. The third kappa shape index (κ3) is 8.32. The van der Waals surface area contributed by atoms with Crippen molar-refractivity contribution in [3.8, 4) is 0 Å². The van der Waals surface area contributed by atoms with E-state index < -0.39 is 89.6 Å². The van der Waals surface area contributed by atoms with Gasteiger partial charge in [-0.25, -0.2) is 0 Å². The lowest BCUT2D eigenvalue weighted by atomic mass is 9.48. The Morgan fingerprint density at radius 2 is 1.41 bits per heavy atom. The molecule has 10 atom stereocenters. The van der Waals surface area contributed by atoms with E-state index in [4.69, 9.17) is 23.7 Å². The van der Waals surface area contributed by atoms with Crippen LogP contribution in [-0.4, -0.2) is 91.1 Å². The molecule has 2 fully saturated rings. The Balaban J connectivity index is 1.89. The molecule has 1 aromatic carbocycles. The zero-order chi connectivity index (χ0) is 38.0. The van der Waals surface area contributed by atoms with Crippen molar-refractivity contribution in [1.29, 1.82) is 0 Å². The topological polar surface area (TPSA) is 155 Å². The van der Waals surface area contributed by atoms with E-state index in [0.717, 1.165) is 5.56 Å². The molecule has 0 amide bonds. The van der Waals surface area contributed by atoms with Gasteiger partial charge >= 0.3 is 29.8 Å². The van der Waals surface area contributed by atoms with E-state index in [0.29, 0.717) is 24.0 Å². The third-order valence-electron chi connectivity index (χ3n) is 11.6. The fraction of sp³-hybridized carbons (Fsp3) is 0.667. The zero-order valence-electron chi connectivity index (χ0n) is 31.6. The van der Waals surface area contributed by atoms with Gasteiger partial charge in [-0.2, -0.15) is 0 Å². The van der Waals surface area contributed by atoms with Crippen molar-refractivity contribution >= 4 is 29.8 Å². The van der Waals surface area contributed by atoms with E-state index in [-0.39, 0.29) is 24.8 Å². The lowest BCUT2D eigenvalue weighted by molar-refractivity contribution is -0.236. The molecule has 51 heavy (non-hydrogen) atoms. The van der Waals surface area contributed by atoms with Gasteiger partial charge in [0.1, 0.15) is 18.3 Å². The molecule has 0 saturated heterocycles. The second kappa shape index (κ2) is 15.9. The van der Waals surface area contributed by atoms with Crippen LogP contribution >= 0.6 is 0 Å². The highest BCUT2D eigenvalue weighted by Gasteiger charge is 2.65. The quantitative estimate of drug-likeness (QED) is 0.203. The molecule has 0 spiro atoms. The summed E-state index contributed by atoms with van der Waals surface area (Å²) in [7, 11) is 3.76. The second-order valence-electron chi connectivity index (χ2n) is 15.4. The Labute approximate surface area is 301 Å². The van der Waals surface area contributed by atoms with Gasteiger partial charge < -0.3 is 33.7 Å². The summed E-state index contributed by atoms with van der Waals surface area (Å²) in [5, 5.41) is 11.2. The zero-order valence-corrected chi connectivity index (χ0v) is 31.6. The van der Waals surface area contributed by atoms with Crippen molar-refractivity contribution in [2.24, 2.45) is 28.6 Å². The van der Waals surface area contributed by atoms with Gasteiger partial charge in [-0.15, -0.1) is 0 Å². The normalized spacial score (nSPS) is 32.0. The molecule has 0 radical (unpaired) electrons. The molecule has 1 aromatic rings. The van der Waals surface area contributed by atoms with Gasteiger partial charge in [0.2, 0.25) is 0 Å². The SMILES string of the molecule is CC(=O)O[C@H]1C[C@H]2C[C@@H]3[C@H](CO)[C@@H](OC(=O)CC(c4ccccc4)N(C)C)C[C@H](OC(C)=O)[C@@]3(C)[C@@H](OC(C)=O)[C@H](OC(C)=O)C(=C1C)C2(C)C. The molecule has 2 bridgehead atoms. The predicted octanol–water partition coefficient (Wildman–Crippen LogP) is 4.72. The van der Waals surface area contributed by atoms with E-state index in [1.807, 2.05) is 77.0 Å². The molecule has 1 unspecified atom stereocenters. The lowest BCUT2D eigenvalue weighted by Crippen LogP contribution is -2.66. The summed E-state index contributed by atoms with van der Waals surface area (Å²) in [4.78, 5) is 66.7. The average Bonchev–Trinajstić information content (AvgIpc) is 3.02. The van der Waals surface area contributed by atoms with E-state index in [9.17, 15) is 29.1 Å². The van der Waals surface area contributed by atoms with Gasteiger partial charge in [0.15, 0.2) is 12.2 Å². The Morgan fingerprint density at radius 3 is 1.94 bits per heavy atom. The molecule has 0 aromatic heterocycles. The molecule has 2 saturated carbocycles. The predicted molar refractivity (Wildman–Crippen MR) is 186 cm³/mol. The van der Waals surface area contributed by atoms with Crippen LogP contribution in [0.1, 0.15) is 92.7 Å². The van der Waals surface area contributed by atoms with Crippen LogP contribution in [-0.2, 0) is 47.7 Å². The first kappa shape index (κ1) is 40.0. The Morgan fingerprint density at radius 1 is 0.824 bits per heavy atom. The number of aliphatic hydroxyl groups excluding tert-OH is 1. The highest BCUT2D eigenvalue weighted by Crippen LogP contribution is 2.61. The molecule has 12 heteroatoms. The maximum atomic E-state index is 13.8. The van der Waals surface area contributed by atoms with E-state index >= 15 is 0 Å². The standard InChI is InChI=1S/C39H55NO11/c1-21-31(47-22(2)42)17-27-16-29-28(20-41)32(51-34(46)18-30(40(9)10)26-14-12-11-13-15-26)19-33(48-23(3)43)39(29,8)37(50-25(5)45)36(49-24(4)44)35(21)38(27,6)7/h11-15,27-33,36-37,41H,16-20H2,1-10H3/t27-,28+,29-,30?,31+,32+,33+,36-,37+,39+/m1/s1. The van der Waals surface area contributed by atoms with Crippen LogP contribution in [0.25, 0.3) is 0 Å². The molecule has 282 valence electrons. The number of ether oxygens (including phenoxy) is 5. The van der Waals surface area contributed by atoms with Gasteiger partial charge in [-0.05, 0) is 67.8 Å². The Hall–Kier alpha value is -3.77. The number of rotatable bonds is 10. The van der Waals surface area contributed by atoms with E-state index in [1.165, 1.54) is 27.7 Å². The Kier molecular flexibility index (Phi) is 12.4. The number of benzene rings is 1. The molecule has 3 aliphatic carbocycles. The van der Waals surface area contributed by atoms with Crippen LogP contribution in [0.5, 0.6) is 0 Å². The fourth-order valence-corrected chi connectivity index (χ4v) is 9.23. The molecule has 0 heterocycles. The van der Waals surface area contributed by atoms with Crippen molar-refractivity contribution < 1.29 is 52.8 Å². The molecule has 3 aliphatic rings. The number of fused-ring (bicyclic) bond motifs is 3. The van der Waals surface area contributed by atoms with Crippen molar-refractivity contribution in [2.45, 2.75) is 118 Å². The van der Waals surface area contributed by atoms with Crippen molar-refractivity contribution in [1.82, 2.24) is 4.90 Å². The number of carbonyl (C=O) groups excluding carboxylic acids is 5. The third-order valence-corrected chi connectivity index (χ3v) is 11.6. The monoisotopic (exact) mass is 713 g/mol. The minimum Gasteiger partial charge on any atom is -0.462 e. The molecular weight excluding hydrogens is 658 g/mol. The van der Waals surface area contributed by atoms with Crippen LogP contribution in [0.4, 0.5) is 0 Å². The van der Waals surface area contributed by atoms with E-state index in [2.05, 4.69) is 0 Å². The minimum absolute atomic E-state index is 0.00817. The number of nitrogens with zero attached hydrogens (tertiary/aromatic N) is 1. The number of hydrogen-bond donors (Lipinski definition) is 1. The smallest absolute Gasteiger partial charge is 0.308 e. The number of aliphatic hydroxyl groups is 1. The van der Waals surface area contributed by atoms with E-state index in [1.54, 1.807) is 0 Å². The molecular formula is C39H55NO11. The number of hydrogen-bond acceptors (Lipinski definition) is 12. The summed E-state index contributed by atoms with van der Waals surface area (Å²) in [6, 6.07) is 9.32. The largest absolute Gasteiger partial charge is 0.462 e. The van der Waals surface area contributed by atoms with Gasteiger partial charge in [0.25, 0.3) is 0 Å².